The lowest BCUT2D eigenvalue weighted by molar-refractivity contribution is -0.146. The number of methoxy groups -OCH3 is 1. The summed E-state index contributed by atoms with van der Waals surface area (Å²) in [6, 6.07) is -0.465. The molecule has 1 fully saturated rings. The lowest BCUT2D eigenvalue weighted by Crippen LogP contribution is -2.46. The maximum absolute atomic E-state index is 12.0. The lowest BCUT2D eigenvalue weighted by Gasteiger charge is -2.29. The van der Waals surface area contributed by atoms with Crippen molar-refractivity contribution in [1.82, 2.24) is 5.32 Å². The van der Waals surface area contributed by atoms with E-state index < -0.39 is 12.0 Å². The number of amides is 1. The highest BCUT2D eigenvalue weighted by molar-refractivity contribution is 5.85. The van der Waals surface area contributed by atoms with Crippen molar-refractivity contribution in [3.05, 3.63) is 0 Å². The van der Waals surface area contributed by atoms with Crippen LogP contribution in [0.5, 0.6) is 0 Å². The van der Waals surface area contributed by atoms with Crippen LogP contribution in [0.15, 0.2) is 0 Å². The first-order valence-electron chi connectivity index (χ1n) is 7.08. The summed E-state index contributed by atoms with van der Waals surface area (Å²) in [5.41, 5.74) is 6.03. The molecule has 0 bridgehead atoms. The van der Waals surface area contributed by atoms with Crippen LogP contribution in [-0.2, 0) is 14.3 Å². The van der Waals surface area contributed by atoms with Crippen molar-refractivity contribution in [2.75, 3.05) is 7.11 Å². The third kappa shape index (κ3) is 5.67. The molecule has 5 nitrogen and oxygen atoms in total. The zero-order valence-corrected chi connectivity index (χ0v) is 13.4. The van der Waals surface area contributed by atoms with E-state index in [0.29, 0.717) is 6.42 Å². The highest BCUT2D eigenvalue weighted by Gasteiger charge is 2.28. The van der Waals surface area contributed by atoms with Gasteiger partial charge in [0.05, 0.1) is 7.11 Å². The molecular weight excluding hydrogens is 280 g/mol. The van der Waals surface area contributed by atoms with Gasteiger partial charge in [0.25, 0.3) is 0 Å². The van der Waals surface area contributed by atoms with E-state index in [2.05, 4.69) is 5.32 Å². The van der Waals surface area contributed by atoms with Crippen LogP contribution in [0.3, 0.4) is 0 Å². The Morgan fingerprint density at radius 1 is 1.30 bits per heavy atom. The Morgan fingerprint density at radius 3 is 2.40 bits per heavy atom. The van der Waals surface area contributed by atoms with Crippen molar-refractivity contribution in [3.8, 4) is 0 Å². The molecule has 20 heavy (non-hydrogen) atoms. The van der Waals surface area contributed by atoms with Gasteiger partial charge in [0.2, 0.25) is 5.91 Å². The molecular formula is C14H27ClN2O3. The highest BCUT2D eigenvalue weighted by atomic mass is 35.5. The maximum Gasteiger partial charge on any atom is 0.328 e. The van der Waals surface area contributed by atoms with Gasteiger partial charge in [-0.1, -0.05) is 26.7 Å². The summed E-state index contributed by atoms with van der Waals surface area (Å²) in [7, 11) is 1.33. The molecule has 1 amide bonds. The van der Waals surface area contributed by atoms with E-state index in [1.165, 1.54) is 7.11 Å². The van der Waals surface area contributed by atoms with Crippen molar-refractivity contribution in [2.24, 2.45) is 17.6 Å². The molecule has 0 spiro atoms. The van der Waals surface area contributed by atoms with Crippen LogP contribution in [0, 0.1) is 11.8 Å². The molecule has 1 aliphatic rings. The minimum Gasteiger partial charge on any atom is -0.467 e. The molecule has 1 saturated carbocycles. The predicted octanol–water partition coefficient (Wildman–Crippen LogP) is 1.63. The third-order valence-electron chi connectivity index (χ3n) is 3.85. The number of carbonyl (C=O) groups excluding carboxylic acids is 2. The molecule has 0 heterocycles. The van der Waals surface area contributed by atoms with Gasteiger partial charge in [-0.3, -0.25) is 4.79 Å². The molecule has 0 aliphatic heterocycles. The van der Waals surface area contributed by atoms with Gasteiger partial charge in [-0.2, -0.15) is 0 Å². The zero-order valence-electron chi connectivity index (χ0n) is 12.6. The van der Waals surface area contributed by atoms with Gasteiger partial charge < -0.3 is 15.8 Å². The molecule has 0 saturated heterocycles. The van der Waals surface area contributed by atoms with Gasteiger partial charge in [0, 0.05) is 12.5 Å². The normalized spacial score (nSPS) is 23.6. The molecule has 3 N–H and O–H groups in total. The summed E-state index contributed by atoms with van der Waals surface area (Å²) in [6.45, 7) is 3.77. The fraction of sp³-hybridized carbons (Fsp3) is 0.857. The molecule has 6 heteroatoms. The Balaban J connectivity index is 0.00000361. The Labute approximate surface area is 127 Å². The van der Waals surface area contributed by atoms with Gasteiger partial charge in [-0.15, -0.1) is 12.4 Å². The molecule has 0 aromatic heterocycles. The van der Waals surface area contributed by atoms with Crippen LogP contribution in [0.1, 0.15) is 46.0 Å². The summed E-state index contributed by atoms with van der Waals surface area (Å²) >= 11 is 0. The van der Waals surface area contributed by atoms with E-state index >= 15 is 0 Å². The van der Waals surface area contributed by atoms with Crippen LogP contribution in [0.4, 0.5) is 0 Å². The predicted molar refractivity (Wildman–Crippen MR) is 80.6 cm³/mol. The monoisotopic (exact) mass is 306 g/mol. The van der Waals surface area contributed by atoms with Gasteiger partial charge in [0.15, 0.2) is 0 Å². The first-order chi connectivity index (χ1) is 8.95. The number of ether oxygens (including phenoxy) is 1. The summed E-state index contributed by atoms with van der Waals surface area (Å²) in [4.78, 5) is 23.6. The van der Waals surface area contributed by atoms with Gasteiger partial charge in [-0.25, -0.2) is 4.79 Å². The van der Waals surface area contributed by atoms with Crippen molar-refractivity contribution >= 4 is 24.3 Å². The van der Waals surface area contributed by atoms with Crippen molar-refractivity contribution in [1.29, 1.82) is 0 Å². The summed E-state index contributed by atoms with van der Waals surface area (Å²) in [5.74, 6) is -0.251. The van der Waals surface area contributed by atoms with E-state index in [-0.39, 0.29) is 36.2 Å². The first-order valence-corrected chi connectivity index (χ1v) is 7.08. The maximum atomic E-state index is 12.0. The van der Waals surface area contributed by atoms with Crippen molar-refractivity contribution in [2.45, 2.75) is 58.0 Å². The van der Waals surface area contributed by atoms with E-state index in [1.54, 1.807) is 0 Å². The third-order valence-corrected chi connectivity index (χ3v) is 3.85. The Morgan fingerprint density at radius 2 is 1.90 bits per heavy atom. The van der Waals surface area contributed by atoms with Gasteiger partial charge >= 0.3 is 5.97 Å². The van der Waals surface area contributed by atoms with E-state index in [0.717, 1.165) is 25.7 Å². The Hall–Kier alpha value is -0.810. The Bertz CT molecular complexity index is 324. The second kappa shape index (κ2) is 9.19. The second-order valence-electron chi connectivity index (χ2n) is 5.72. The second-order valence-corrected chi connectivity index (χ2v) is 5.72. The average molecular weight is 307 g/mol. The number of esters is 1. The Kier molecular flexibility index (Phi) is 8.81. The standard InChI is InChI=1S/C14H26N2O3.ClH/c1-9(2)13(14(18)19-3)16-12(17)8-10-6-4-5-7-11(10)15;/h9-11,13H,4-8,15H2,1-3H3,(H,16,17);1H. The zero-order chi connectivity index (χ0) is 14.4. The highest BCUT2D eigenvalue weighted by Crippen LogP contribution is 2.25. The smallest absolute Gasteiger partial charge is 0.328 e. The number of hydrogen-bond acceptors (Lipinski definition) is 4. The van der Waals surface area contributed by atoms with Crippen LogP contribution < -0.4 is 11.1 Å². The van der Waals surface area contributed by atoms with Crippen LogP contribution in [-0.4, -0.2) is 31.1 Å². The topological polar surface area (TPSA) is 81.4 Å². The SMILES string of the molecule is COC(=O)C(NC(=O)CC1CCCCC1N)C(C)C.Cl. The van der Waals surface area contributed by atoms with Crippen molar-refractivity contribution < 1.29 is 14.3 Å². The number of nitrogens with two attached hydrogens (primary N) is 1. The van der Waals surface area contributed by atoms with E-state index in [4.69, 9.17) is 10.5 Å². The van der Waals surface area contributed by atoms with Crippen molar-refractivity contribution in [3.63, 3.8) is 0 Å². The molecule has 1 aliphatic carbocycles. The lowest BCUT2D eigenvalue weighted by atomic mass is 9.83. The first kappa shape index (κ1) is 19.2. The summed E-state index contributed by atoms with van der Waals surface area (Å²) < 4.78 is 4.71. The number of hydrogen-bond donors (Lipinski definition) is 2. The van der Waals surface area contributed by atoms with Gasteiger partial charge in [0.1, 0.15) is 6.04 Å². The molecule has 0 radical (unpaired) electrons. The van der Waals surface area contributed by atoms with Crippen LogP contribution >= 0.6 is 12.4 Å². The summed E-state index contributed by atoms with van der Waals surface area (Å²) in [5, 5.41) is 2.77. The molecule has 118 valence electrons. The molecule has 3 unspecified atom stereocenters. The van der Waals surface area contributed by atoms with Crippen LogP contribution in [0.2, 0.25) is 0 Å². The summed E-state index contributed by atoms with van der Waals surface area (Å²) in [6.07, 6.45) is 4.68. The number of nitrogens with one attached hydrogen (secondary N) is 1. The molecule has 1 rings (SSSR count). The minimum absolute atomic E-state index is 0. The molecule has 3 atom stereocenters. The molecule has 0 aromatic carbocycles. The quantitative estimate of drug-likeness (QED) is 0.756. The fourth-order valence-corrected chi connectivity index (χ4v) is 2.59. The fourth-order valence-electron chi connectivity index (χ4n) is 2.59. The van der Waals surface area contributed by atoms with Crippen LogP contribution in [0.25, 0.3) is 0 Å². The van der Waals surface area contributed by atoms with E-state index in [9.17, 15) is 9.59 Å². The average Bonchev–Trinajstić information content (AvgIpc) is 2.37. The number of halogens is 1. The minimum atomic E-state index is -0.572. The number of rotatable bonds is 5. The largest absolute Gasteiger partial charge is 0.467 e. The van der Waals surface area contributed by atoms with Gasteiger partial charge in [-0.05, 0) is 24.7 Å². The number of carbonyl (C=O) groups is 2. The molecule has 0 aromatic rings. The van der Waals surface area contributed by atoms with E-state index in [1.807, 2.05) is 13.8 Å².